The van der Waals surface area contributed by atoms with Gasteiger partial charge >= 0.3 is 6.03 Å². The summed E-state index contributed by atoms with van der Waals surface area (Å²) in [5, 5.41) is 2.93. The van der Waals surface area contributed by atoms with Crippen molar-refractivity contribution < 1.29 is 14.3 Å². The number of amides is 3. The molecule has 1 N–H and O–H groups in total. The summed E-state index contributed by atoms with van der Waals surface area (Å²) in [6, 6.07) is 10.7. The minimum Gasteiger partial charge on any atom is -0.497 e. The van der Waals surface area contributed by atoms with Gasteiger partial charge in [0.1, 0.15) is 5.75 Å². The van der Waals surface area contributed by atoms with Crippen LogP contribution in [0.2, 0.25) is 0 Å². The van der Waals surface area contributed by atoms with Gasteiger partial charge in [0.2, 0.25) is 0 Å². The number of pyridine rings is 1. The maximum atomic E-state index is 12.6. The number of carbonyl (C=O) groups excluding carboxylic acids is 2. The second-order valence-electron chi connectivity index (χ2n) is 7.54. The van der Waals surface area contributed by atoms with Gasteiger partial charge < -0.3 is 19.9 Å². The lowest BCUT2D eigenvalue weighted by atomic mass is 9.72. The SMILES string of the molecule is COc1ccc(NC(=O)N2CC3(CCN(C(=O)c4ccncc4)CC3)C2)cc1. The first-order valence-corrected chi connectivity index (χ1v) is 9.48. The van der Waals surface area contributed by atoms with Crippen LogP contribution in [0.25, 0.3) is 0 Å². The van der Waals surface area contributed by atoms with Gasteiger partial charge in [0.15, 0.2) is 0 Å². The van der Waals surface area contributed by atoms with E-state index in [0.29, 0.717) is 5.56 Å². The monoisotopic (exact) mass is 380 g/mol. The minimum absolute atomic E-state index is 0.0608. The van der Waals surface area contributed by atoms with Crippen LogP contribution in [-0.4, -0.2) is 60.0 Å². The van der Waals surface area contributed by atoms with E-state index in [2.05, 4.69) is 10.3 Å². The Morgan fingerprint density at radius 3 is 2.25 bits per heavy atom. The Balaban J connectivity index is 1.27. The molecule has 0 saturated carbocycles. The first kappa shape index (κ1) is 18.3. The number of piperidine rings is 1. The molecule has 2 aromatic rings. The van der Waals surface area contributed by atoms with E-state index >= 15 is 0 Å². The van der Waals surface area contributed by atoms with Crippen molar-refractivity contribution in [3.05, 3.63) is 54.4 Å². The number of benzene rings is 1. The van der Waals surface area contributed by atoms with Gasteiger partial charge in [-0.3, -0.25) is 9.78 Å². The summed E-state index contributed by atoms with van der Waals surface area (Å²) in [5.41, 5.74) is 1.58. The van der Waals surface area contributed by atoms with E-state index in [1.807, 2.05) is 34.1 Å². The minimum atomic E-state index is -0.0777. The first-order valence-electron chi connectivity index (χ1n) is 9.48. The molecule has 0 aliphatic carbocycles. The molecule has 4 rings (SSSR count). The number of hydrogen-bond acceptors (Lipinski definition) is 4. The number of anilines is 1. The molecule has 2 aliphatic heterocycles. The number of nitrogens with one attached hydrogen (secondary N) is 1. The van der Waals surface area contributed by atoms with Crippen molar-refractivity contribution in [1.82, 2.24) is 14.8 Å². The van der Waals surface area contributed by atoms with E-state index in [1.165, 1.54) is 0 Å². The van der Waals surface area contributed by atoms with Crippen LogP contribution in [-0.2, 0) is 0 Å². The Bertz CT molecular complexity index is 838. The van der Waals surface area contributed by atoms with E-state index < -0.39 is 0 Å². The third-order valence-corrected chi connectivity index (χ3v) is 5.72. The second-order valence-corrected chi connectivity index (χ2v) is 7.54. The zero-order chi connectivity index (χ0) is 19.6. The summed E-state index contributed by atoms with van der Waals surface area (Å²) in [4.78, 5) is 32.7. The summed E-state index contributed by atoms with van der Waals surface area (Å²) in [6.07, 6.45) is 5.14. The van der Waals surface area contributed by atoms with Crippen molar-refractivity contribution in [3.8, 4) is 5.75 Å². The fraction of sp³-hybridized carbons (Fsp3) is 0.381. The van der Waals surface area contributed by atoms with Crippen molar-refractivity contribution in [2.24, 2.45) is 5.41 Å². The molecule has 0 radical (unpaired) electrons. The highest BCUT2D eigenvalue weighted by Crippen LogP contribution is 2.40. The molecule has 2 aliphatic rings. The molecule has 2 fully saturated rings. The van der Waals surface area contributed by atoms with Crippen LogP contribution in [0, 0.1) is 5.41 Å². The number of likely N-dealkylation sites (tertiary alicyclic amines) is 2. The Kier molecular flexibility index (Phi) is 4.90. The average Bonchev–Trinajstić information content (AvgIpc) is 2.72. The third kappa shape index (κ3) is 3.65. The Morgan fingerprint density at radius 1 is 1.00 bits per heavy atom. The Labute approximate surface area is 164 Å². The highest BCUT2D eigenvalue weighted by atomic mass is 16.5. The van der Waals surface area contributed by atoms with Crippen molar-refractivity contribution >= 4 is 17.6 Å². The highest BCUT2D eigenvalue weighted by molar-refractivity contribution is 5.94. The lowest BCUT2D eigenvalue weighted by Crippen LogP contribution is -2.63. The van der Waals surface area contributed by atoms with Gasteiger partial charge in [-0.2, -0.15) is 0 Å². The summed E-state index contributed by atoms with van der Waals surface area (Å²) in [6.45, 7) is 2.95. The molecule has 0 unspecified atom stereocenters. The fourth-order valence-corrected chi connectivity index (χ4v) is 3.96. The maximum Gasteiger partial charge on any atom is 0.321 e. The largest absolute Gasteiger partial charge is 0.497 e. The van der Waals surface area contributed by atoms with Crippen LogP contribution in [0.5, 0.6) is 5.75 Å². The molecule has 3 amide bonds. The predicted octanol–water partition coefficient (Wildman–Crippen LogP) is 2.86. The number of hydrogen-bond donors (Lipinski definition) is 1. The Hall–Kier alpha value is -3.09. The standard InChI is InChI=1S/C21H24N4O3/c1-28-18-4-2-17(3-5-18)23-20(27)25-14-21(15-25)8-12-24(13-9-21)19(26)16-6-10-22-11-7-16/h2-7,10-11H,8-9,12-15H2,1H3,(H,23,27). The molecule has 7 nitrogen and oxygen atoms in total. The molecule has 1 aromatic heterocycles. The summed E-state index contributed by atoms with van der Waals surface area (Å²) in [5.74, 6) is 0.819. The molecule has 7 heteroatoms. The number of aromatic nitrogens is 1. The van der Waals surface area contributed by atoms with Gasteiger partial charge in [-0.25, -0.2) is 4.79 Å². The first-order chi connectivity index (χ1) is 13.6. The number of urea groups is 1. The van der Waals surface area contributed by atoms with Crippen LogP contribution in [0.4, 0.5) is 10.5 Å². The van der Waals surface area contributed by atoms with Gasteiger partial charge in [-0.05, 0) is 49.2 Å². The van der Waals surface area contributed by atoms with Crippen LogP contribution >= 0.6 is 0 Å². The van der Waals surface area contributed by atoms with E-state index in [0.717, 1.165) is 50.5 Å². The zero-order valence-electron chi connectivity index (χ0n) is 15.9. The van der Waals surface area contributed by atoms with Crippen LogP contribution in [0.1, 0.15) is 23.2 Å². The van der Waals surface area contributed by atoms with Gasteiger partial charge in [-0.1, -0.05) is 0 Å². The molecule has 0 atom stereocenters. The highest BCUT2D eigenvalue weighted by Gasteiger charge is 2.47. The molecule has 2 saturated heterocycles. The van der Waals surface area contributed by atoms with Crippen LogP contribution in [0.3, 0.4) is 0 Å². The van der Waals surface area contributed by atoms with Gasteiger partial charge in [-0.15, -0.1) is 0 Å². The molecule has 1 spiro atoms. The topological polar surface area (TPSA) is 74.8 Å². The number of rotatable bonds is 3. The van der Waals surface area contributed by atoms with Crippen LogP contribution in [0.15, 0.2) is 48.8 Å². The van der Waals surface area contributed by atoms with E-state index in [9.17, 15) is 9.59 Å². The van der Waals surface area contributed by atoms with Crippen molar-refractivity contribution in [1.29, 1.82) is 0 Å². The molecule has 1 aromatic carbocycles. The van der Waals surface area contributed by atoms with Gasteiger partial charge in [0, 0.05) is 55.2 Å². The second kappa shape index (κ2) is 7.50. The number of carbonyl (C=O) groups is 2. The molecule has 3 heterocycles. The zero-order valence-corrected chi connectivity index (χ0v) is 15.9. The van der Waals surface area contributed by atoms with Crippen molar-refractivity contribution in [2.75, 3.05) is 38.6 Å². The molecule has 28 heavy (non-hydrogen) atoms. The van der Waals surface area contributed by atoms with Crippen molar-refractivity contribution in [2.45, 2.75) is 12.8 Å². The third-order valence-electron chi connectivity index (χ3n) is 5.72. The summed E-state index contributed by atoms with van der Waals surface area (Å²) >= 11 is 0. The van der Waals surface area contributed by atoms with Crippen molar-refractivity contribution in [3.63, 3.8) is 0 Å². The fourth-order valence-electron chi connectivity index (χ4n) is 3.96. The molecular weight excluding hydrogens is 356 g/mol. The van der Waals surface area contributed by atoms with E-state index in [1.54, 1.807) is 31.6 Å². The molecule has 0 bridgehead atoms. The van der Waals surface area contributed by atoms with E-state index in [4.69, 9.17) is 4.74 Å². The number of ether oxygens (including phenoxy) is 1. The number of nitrogens with zero attached hydrogens (tertiary/aromatic N) is 3. The lowest BCUT2D eigenvalue weighted by molar-refractivity contribution is -0.0146. The van der Waals surface area contributed by atoms with Crippen LogP contribution < -0.4 is 10.1 Å². The predicted molar refractivity (Wildman–Crippen MR) is 105 cm³/mol. The molecular formula is C21H24N4O3. The lowest BCUT2D eigenvalue weighted by Gasteiger charge is -2.53. The summed E-state index contributed by atoms with van der Waals surface area (Å²) in [7, 11) is 1.61. The molecule has 146 valence electrons. The maximum absolute atomic E-state index is 12.6. The Morgan fingerprint density at radius 2 is 1.64 bits per heavy atom. The number of methoxy groups -OCH3 is 1. The average molecular weight is 380 g/mol. The quantitative estimate of drug-likeness (QED) is 0.889. The van der Waals surface area contributed by atoms with Gasteiger partial charge in [0.25, 0.3) is 5.91 Å². The van der Waals surface area contributed by atoms with Gasteiger partial charge in [0.05, 0.1) is 7.11 Å². The van der Waals surface area contributed by atoms with E-state index in [-0.39, 0.29) is 17.4 Å². The normalized spacial score (nSPS) is 17.8. The summed E-state index contributed by atoms with van der Waals surface area (Å²) < 4.78 is 5.13. The smallest absolute Gasteiger partial charge is 0.321 e.